The lowest BCUT2D eigenvalue weighted by Gasteiger charge is -2.10. The molecule has 0 radical (unpaired) electrons. The fraction of sp³-hybridized carbons (Fsp3) is 0.200. The maximum atomic E-state index is 12.6. The van der Waals surface area contributed by atoms with E-state index in [0.29, 0.717) is 28.7 Å². The van der Waals surface area contributed by atoms with Crippen LogP contribution in [-0.2, 0) is 7.05 Å². The lowest BCUT2D eigenvalue weighted by atomic mass is 10.1. The van der Waals surface area contributed by atoms with Crippen LogP contribution in [0.2, 0.25) is 0 Å². The Bertz CT molecular complexity index is 958. The van der Waals surface area contributed by atoms with Gasteiger partial charge in [-0.3, -0.25) is 4.79 Å². The Balaban J connectivity index is 1.88. The molecule has 0 spiro atoms. The molecule has 0 fully saturated rings. The maximum Gasteiger partial charge on any atom is 0.345 e. The molecule has 0 aliphatic heterocycles. The summed E-state index contributed by atoms with van der Waals surface area (Å²) < 4.78 is 12.4. The SMILES string of the molecule is CCCOc1ccc(OC(=O)c2cn(C)c(=O)c3ccccc23)cc1. The molecule has 5 heteroatoms. The van der Waals surface area contributed by atoms with E-state index in [1.807, 2.05) is 6.92 Å². The number of hydrogen-bond acceptors (Lipinski definition) is 4. The van der Waals surface area contributed by atoms with Crippen LogP contribution < -0.4 is 15.0 Å². The largest absolute Gasteiger partial charge is 0.494 e. The number of ether oxygens (including phenoxy) is 2. The Labute approximate surface area is 145 Å². The summed E-state index contributed by atoms with van der Waals surface area (Å²) in [6, 6.07) is 13.9. The molecule has 0 saturated heterocycles. The van der Waals surface area contributed by atoms with Crippen molar-refractivity contribution in [2.24, 2.45) is 7.05 Å². The second-order valence-electron chi connectivity index (χ2n) is 5.71. The molecule has 0 saturated carbocycles. The first-order valence-electron chi connectivity index (χ1n) is 8.13. The average molecular weight is 337 g/mol. The third-order valence-electron chi connectivity index (χ3n) is 3.82. The highest BCUT2D eigenvalue weighted by Gasteiger charge is 2.15. The number of aromatic nitrogens is 1. The molecule has 0 aliphatic carbocycles. The number of carbonyl (C=O) groups excluding carboxylic acids is 1. The van der Waals surface area contributed by atoms with E-state index >= 15 is 0 Å². The highest BCUT2D eigenvalue weighted by atomic mass is 16.5. The van der Waals surface area contributed by atoms with Crippen molar-refractivity contribution in [1.82, 2.24) is 4.57 Å². The number of pyridine rings is 1. The molecule has 0 unspecified atom stereocenters. The molecular weight excluding hydrogens is 318 g/mol. The second kappa shape index (κ2) is 7.21. The molecule has 25 heavy (non-hydrogen) atoms. The summed E-state index contributed by atoms with van der Waals surface area (Å²) in [6.45, 7) is 2.68. The van der Waals surface area contributed by atoms with E-state index in [1.165, 1.54) is 10.8 Å². The van der Waals surface area contributed by atoms with E-state index in [2.05, 4.69) is 0 Å². The quantitative estimate of drug-likeness (QED) is 0.528. The van der Waals surface area contributed by atoms with Gasteiger partial charge in [0.2, 0.25) is 0 Å². The van der Waals surface area contributed by atoms with Crippen molar-refractivity contribution < 1.29 is 14.3 Å². The zero-order chi connectivity index (χ0) is 17.8. The lowest BCUT2D eigenvalue weighted by Crippen LogP contribution is -2.20. The third-order valence-corrected chi connectivity index (χ3v) is 3.82. The fourth-order valence-corrected chi connectivity index (χ4v) is 2.56. The fourth-order valence-electron chi connectivity index (χ4n) is 2.56. The van der Waals surface area contributed by atoms with Crippen LogP contribution in [0.4, 0.5) is 0 Å². The third kappa shape index (κ3) is 3.55. The average Bonchev–Trinajstić information content (AvgIpc) is 2.64. The molecule has 0 atom stereocenters. The monoisotopic (exact) mass is 337 g/mol. The van der Waals surface area contributed by atoms with Crippen LogP contribution in [-0.4, -0.2) is 17.1 Å². The van der Waals surface area contributed by atoms with Crippen molar-refractivity contribution in [3.8, 4) is 11.5 Å². The summed E-state index contributed by atoms with van der Waals surface area (Å²) in [6.07, 6.45) is 2.43. The number of carbonyl (C=O) groups is 1. The number of aryl methyl sites for hydroxylation is 1. The Kier molecular flexibility index (Phi) is 4.84. The molecule has 0 amide bonds. The van der Waals surface area contributed by atoms with Crippen molar-refractivity contribution in [2.75, 3.05) is 6.61 Å². The minimum Gasteiger partial charge on any atom is -0.494 e. The van der Waals surface area contributed by atoms with E-state index in [-0.39, 0.29) is 5.56 Å². The van der Waals surface area contributed by atoms with Crippen LogP contribution in [0, 0.1) is 0 Å². The van der Waals surface area contributed by atoms with Crippen molar-refractivity contribution in [1.29, 1.82) is 0 Å². The molecule has 2 aromatic carbocycles. The molecule has 128 valence electrons. The van der Waals surface area contributed by atoms with Gasteiger partial charge in [-0.2, -0.15) is 0 Å². The molecule has 0 aliphatic rings. The van der Waals surface area contributed by atoms with E-state index in [4.69, 9.17) is 9.47 Å². The van der Waals surface area contributed by atoms with Gasteiger partial charge in [0.25, 0.3) is 5.56 Å². The highest BCUT2D eigenvalue weighted by Crippen LogP contribution is 2.21. The summed E-state index contributed by atoms with van der Waals surface area (Å²) in [4.78, 5) is 24.8. The molecule has 5 nitrogen and oxygen atoms in total. The van der Waals surface area contributed by atoms with Gasteiger partial charge in [0.05, 0.1) is 12.2 Å². The molecule has 1 heterocycles. The predicted molar refractivity (Wildman–Crippen MR) is 96.4 cm³/mol. The van der Waals surface area contributed by atoms with Gasteiger partial charge < -0.3 is 14.0 Å². The molecule has 3 rings (SSSR count). The normalized spacial score (nSPS) is 10.6. The predicted octanol–water partition coefficient (Wildman–Crippen LogP) is 3.55. The van der Waals surface area contributed by atoms with Gasteiger partial charge in [-0.05, 0) is 36.8 Å². The van der Waals surface area contributed by atoms with Crippen LogP contribution >= 0.6 is 0 Å². The first kappa shape index (κ1) is 16.8. The van der Waals surface area contributed by atoms with Crippen LogP contribution in [0.3, 0.4) is 0 Å². The molecule has 1 aromatic heterocycles. The smallest absolute Gasteiger partial charge is 0.345 e. The minimum atomic E-state index is -0.506. The van der Waals surface area contributed by atoms with Gasteiger partial charge >= 0.3 is 5.97 Å². The first-order valence-corrected chi connectivity index (χ1v) is 8.13. The number of fused-ring (bicyclic) bond motifs is 1. The van der Waals surface area contributed by atoms with Gasteiger partial charge in [0.15, 0.2) is 0 Å². The zero-order valence-electron chi connectivity index (χ0n) is 14.2. The first-order chi connectivity index (χ1) is 12.1. The van der Waals surface area contributed by atoms with Crippen LogP contribution in [0.25, 0.3) is 10.8 Å². The number of nitrogens with zero attached hydrogens (tertiary/aromatic N) is 1. The minimum absolute atomic E-state index is 0.149. The van der Waals surface area contributed by atoms with E-state index in [9.17, 15) is 9.59 Å². The van der Waals surface area contributed by atoms with Crippen molar-refractivity contribution >= 4 is 16.7 Å². The van der Waals surface area contributed by atoms with Gasteiger partial charge in [0.1, 0.15) is 11.5 Å². The lowest BCUT2D eigenvalue weighted by molar-refractivity contribution is 0.0736. The highest BCUT2D eigenvalue weighted by molar-refractivity contribution is 6.04. The summed E-state index contributed by atoms with van der Waals surface area (Å²) >= 11 is 0. The Morgan fingerprint density at radius 3 is 2.32 bits per heavy atom. The Morgan fingerprint density at radius 1 is 1.00 bits per heavy atom. The zero-order valence-corrected chi connectivity index (χ0v) is 14.2. The standard InChI is InChI=1S/C20H19NO4/c1-3-12-24-14-8-10-15(11-9-14)25-20(23)18-13-21(2)19(22)17-7-5-4-6-16(17)18/h4-11,13H,3,12H2,1-2H3. The van der Waals surface area contributed by atoms with Crippen LogP contribution in [0.15, 0.2) is 59.5 Å². The molecule has 3 aromatic rings. The molecule has 0 N–H and O–H groups in total. The van der Waals surface area contributed by atoms with E-state index < -0.39 is 5.97 Å². The molecular formula is C20H19NO4. The van der Waals surface area contributed by atoms with Crippen LogP contribution in [0.1, 0.15) is 23.7 Å². The number of rotatable bonds is 5. The van der Waals surface area contributed by atoms with Gasteiger partial charge in [0, 0.05) is 24.0 Å². The van der Waals surface area contributed by atoms with Crippen molar-refractivity contribution in [3.05, 3.63) is 70.6 Å². The van der Waals surface area contributed by atoms with E-state index in [0.717, 1.165) is 12.2 Å². The number of benzene rings is 2. The summed E-state index contributed by atoms with van der Waals surface area (Å²) in [5, 5.41) is 1.07. The summed E-state index contributed by atoms with van der Waals surface area (Å²) in [5.74, 6) is 0.648. The second-order valence-corrected chi connectivity index (χ2v) is 5.71. The maximum absolute atomic E-state index is 12.6. The van der Waals surface area contributed by atoms with E-state index in [1.54, 1.807) is 55.6 Å². The topological polar surface area (TPSA) is 57.5 Å². The van der Waals surface area contributed by atoms with Gasteiger partial charge in [-0.25, -0.2) is 4.79 Å². The van der Waals surface area contributed by atoms with Gasteiger partial charge in [-0.15, -0.1) is 0 Å². The number of hydrogen-bond donors (Lipinski definition) is 0. The summed E-state index contributed by atoms with van der Waals surface area (Å²) in [5.41, 5.74) is 0.202. The molecule has 0 bridgehead atoms. The number of esters is 1. The summed E-state index contributed by atoms with van der Waals surface area (Å²) in [7, 11) is 1.62. The van der Waals surface area contributed by atoms with Crippen LogP contribution in [0.5, 0.6) is 11.5 Å². The Morgan fingerprint density at radius 2 is 1.64 bits per heavy atom. The van der Waals surface area contributed by atoms with Crippen molar-refractivity contribution in [3.63, 3.8) is 0 Å². The Hall–Kier alpha value is -3.08. The van der Waals surface area contributed by atoms with Gasteiger partial charge in [-0.1, -0.05) is 25.1 Å². The van der Waals surface area contributed by atoms with Crippen molar-refractivity contribution in [2.45, 2.75) is 13.3 Å².